The molecule has 1 fully saturated rings. The summed E-state index contributed by atoms with van der Waals surface area (Å²) in [6, 6.07) is 17.5. The summed E-state index contributed by atoms with van der Waals surface area (Å²) in [5.41, 5.74) is 1.13. The van der Waals surface area contributed by atoms with Crippen LogP contribution in [0.1, 0.15) is 18.4 Å². The number of hydrogen-bond donors (Lipinski definition) is 1. The van der Waals surface area contributed by atoms with Crippen LogP contribution in [0.2, 0.25) is 0 Å². The van der Waals surface area contributed by atoms with Crippen LogP contribution in [-0.4, -0.2) is 44.1 Å². The predicted octanol–water partition coefficient (Wildman–Crippen LogP) is 3.10. The fourth-order valence-electron chi connectivity index (χ4n) is 3.28. The summed E-state index contributed by atoms with van der Waals surface area (Å²) in [4.78, 5) is 14.2. The molecule has 0 bridgehead atoms. The fraction of sp³-hybridized carbons (Fsp3) is 0.409. The van der Waals surface area contributed by atoms with E-state index in [2.05, 4.69) is 5.32 Å². The zero-order valence-corrected chi connectivity index (χ0v) is 15.9. The molecule has 1 aliphatic rings. The first kappa shape index (κ1) is 19.2. The van der Waals surface area contributed by atoms with Crippen molar-refractivity contribution in [1.29, 1.82) is 0 Å². The lowest BCUT2D eigenvalue weighted by atomic mass is 9.97. The Morgan fingerprint density at radius 2 is 1.63 bits per heavy atom. The highest BCUT2D eigenvalue weighted by atomic mass is 16.5. The number of nitrogens with one attached hydrogen (secondary N) is 1. The van der Waals surface area contributed by atoms with Gasteiger partial charge in [-0.15, -0.1) is 0 Å². The van der Waals surface area contributed by atoms with Gasteiger partial charge in [-0.1, -0.05) is 30.3 Å². The first-order valence-electron chi connectivity index (χ1n) is 9.56. The molecule has 0 radical (unpaired) electrons. The number of hydrogen-bond acceptors (Lipinski definition) is 4. The Kier molecular flexibility index (Phi) is 7.11. The fourth-order valence-corrected chi connectivity index (χ4v) is 3.28. The summed E-state index contributed by atoms with van der Waals surface area (Å²) in [6.45, 7) is 3.28. The third kappa shape index (κ3) is 6.00. The number of piperidine rings is 1. The number of nitrogens with zero attached hydrogens (tertiary/aromatic N) is 1. The van der Waals surface area contributed by atoms with Gasteiger partial charge in [0.2, 0.25) is 0 Å². The van der Waals surface area contributed by atoms with Gasteiger partial charge in [-0.05, 0) is 62.2 Å². The molecule has 144 valence electrons. The monoisotopic (exact) mass is 368 g/mol. The zero-order valence-electron chi connectivity index (χ0n) is 15.9. The largest absolute Gasteiger partial charge is 0.489 e. The molecule has 1 N–H and O–H groups in total. The highest BCUT2D eigenvalue weighted by Gasteiger charge is 2.22. The molecule has 0 aliphatic carbocycles. The molecule has 2 aromatic carbocycles. The van der Waals surface area contributed by atoms with Crippen molar-refractivity contribution in [2.24, 2.45) is 5.92 Å². The Morgan fingerprint density at radius 3 is 2.26 bits per heavy atom. The SMILES string of the molecule is CNCC1CCN(C(=O)COc2ccc(OCc3ccccc3)cc2)CC1. The van der Waals surface area contributed by atoms with Gasteiger partial charge < -0.3 is 19.7 Å². The summed E-state index contributed by atoms with van der Waals surface area (Å²) in [5, 5.41) is 3.21. The molecule has 5 nitrogen and oxygen atoms in total. The third-order valence-corrected chi connectivity index (χ3v) is 4.89. The van der Waals surface area contributed by atoms with Crippen LogP contribution in [0.5, 0.6) is 11.5 Å². The van der Waals surface area contributed by atoms with E-state index in [4.69, 9.17) is 9.47 Å². The molecule has 5 heteroatoms. The van der Waals surface area contributed by atoms with E-state index in [0.29, 0.717) is 18.3 Å². The maximum absolute atomic E-state index is 12.3. The Balaban J connectivity index is 1.40. The van der Waals surface area contributed by atoms with E-state index in [1.54, 1.807) is 0 Å². The summed E-state index contributed by atoms with van der Waals surface area (Å²) in [6.07, 6.45) is 2.11. The van der Waals surface area contributed by atoms with Gasteiger partial charge in [0.1, 0.15) is 18.1 Å². The van der Waals surface area contributed by atoms with E-state index in [1.807, 2.05) is 66.5 Å². The molecule has 1 heterocycles. The summed E-state index contributed by atoms with van der Waals surface area (Å²) in [5.74, 6) is 2.19. The molecule has 0 spiro atoms. The van der Waals surface area contributed by atoms with E-state index in [9.17, 15) is 4.79 Å². The highest BCUT2D eigenvalue weighted by molar-refractivity contribution is 5.77. The second-order valence-corrected chi connectivity index (χ2v) is 6.92. The van der Waals surface area contributed by atoms with Crippen LogP contribution < -0.4 is 14.8 Å². The van der Waals surface area contributed by atoms with Gasteiger partial charge in [0.15, 0.2) is 6.61 Å². The molecule has 0 atom stereocenters. The number of carbonyl (C=O) groups is 1. The average molecular weight is 368 g/mol. The molecule has 0 saturated carbocycles. The quantitative estimate of drug-likeness (QED) is 0.778. The summed E-state index contributed by atoms with van der Waals surface area (Å²) in [7, 11) is 1.98. The van der Waals surface area contributed by atoms with Gasteiger partial charge in [0, 0.05) is 13.1 Å². The standard InChI is InChI=1S/C22H28N2O3/c1-23-15-18-11-13-24(14-12-18)22(25)17-27-21-9-7-20(8-10-21)26-16-19-5-3-2-4-6-19/h2-10,18,23H,11-17H2,1H3. The summed E-state index contributed by atoms with van der Waals surface area (Å²) >= 11 is 0. The maximum atomic E-state index is 12.3. The van der Waals surface area contributed by atoms with E-state index in [0.717, 1.165) is 43.8 Å². The molecule has 1 saturated heterocycles. The minimum absolute atomic E-state index is 0.0577. The molecule has 3 rings (SSSR count). The van der Waals surface area contributed by atoms with Crippen molar-refractivity contribution in [3.8, 4) is 11.5 Å². The van der Waals surface area contributed by atoms with Crippen molar-refractivity contribution in [1.82, 2.24) is 10.2 Å². The number of benzene rings is 2. The first-order chi connectivity index (χ1) is 13.2. The van der Waals surface area contributed by atoms with Crippen LogP contribution in [0.4, 0.5) is 0 Å². The highest BCUT2D eigenvalue weighted by Crippen LogP contribution is 2.20. The smallest absolute Gasteiger partial charge is 0.260 e. The number of rotatable bonds is 8. The minimum atomic E-state index is 0.0577. The summed E-state index contributed by atoms with van der Waals surface area (Å²) < 4.78 is 11.4. The third-order valence-electron chi connectivity index (χ3n) is 4.89. The normalized spacial score (nSPS) is 14.8. The van der Waals surface area contributed by atoms with Crippen LogP contribution in [0.15, 0.2) is 54.6 Å². The Bertz CT molecular complexity index is 695. The van der Waals surface area contributed by atoms with E-state index in [1.165, 1.54) is 0 Å². The molecule has 1 aliphatic heterocycles. The van der Waals surface area contributed by atoms with Gasteiger partial charge in [-0.3, -0.25) is 4.79 Å². The molecule has 27 heavy (non-hydrogen) atoms. The van der Waals surface area contributed by atoms with Gasteiger partial charge in [-0.25, -0.2) is 0 Å². The molecule has 1 amide bonds. The van der Waals surface area contributed by atoms with Crippen molar-refractivity contribution in [2.75, 3.05) is 33.3 Å². The number of likely N-dealkylation sites (tertiary alicyclic amines) is 1. The van der Waals surface area contributed by atoms with Crippen LogP contribution in [0.3, 0.4) is 0 Å². The van der Waals surface area contributed by atoms with E-state index >= 15 is 0 Å². The van der Waals surface area contributed by atoms with Crippen molar-refractivity contribution >= 4 is 5.91 Å². The number of ether oxygens (including phenoxy) is 2. The molecular weight excluding hydrogens is 340 g/mol. The first-order valence-corrected chi connectivity index (χ1v) is 9.56. The van der Waals surface area contributed by atoms with Gasteiger partial charge in [0.25, 0.3) is 5.91 Å². The van der Waals surface area contributed by atoms with Crippen LogP contribution in [0.25, 0.3) is 0 Å². The van der Waals surface area contributed by atoms with Crippen molar-refractivity contribution in [2.45, 2.75) is 19.4 Å². The second kappa shape index (κ2) is 9.97. The van der Waals surface area contributed by atoms with Gasteiger partial charge in [0.05, 0.1) is 0 Å². The molecule has 2 aromatic rings. The Hall–Kier alpha value is -2.53. The van der Waals surface area contributed by atoms with E-state index in [-0.39, 0.29) is 12.5 Å². The molecular formula is C22H28N2O3. The molecule has 0 unspecified atom stereocenters. The predicted molar refractivity (Wildman–Crippen MR) is 106 cm³/mol. The van der Waals surface area contributed by atoms with Gasteiger partial charge >= 0.3 is 0 Å². The van der Waals surface area contributed by atoms with Gasteiger partial charge in [-0.2, -0.15) is 0 Å². The number of amides is 1. The maximum Gasteiger partial charge on any atom is 0.260 e. The van der Waals surface area contributed by atoms with Crippen molar-refractivity contribution in [3.63, 3.8) is 0 Å². The topological polar surface area (TPSA) is 50.8 Å². The Labute approximate surface area is 161 Å². The number of carbonyl (C=O) groups excluding carboxylic acids is 1. The van der Waals surface area contributed by atoms with E-state index < -0.39 is 0 Å². The van der Waals surface area contributed by atoms with Crippen molar-refractivity contribution < 1.29 is 14.3 Å². The molecule has 0 aromatic heterocycles. The lowest BCUT2D eigenvalue weighted by Crippen LogP contribution is -2.42. The minimum Gasteiger partial charge on any atom is -0.489 e. The lowest BCUT2D eigenvalue weighted by molar-refractivity contribution is -0.134. The van der Waals surface area contributed by atoms with Crippen molar-refractivity contribution in [3.05, 3.63) is 60.2 Å². The zero-order chi connectivity index (χ0) is 18.9. The average Bonchev–Trinajstić information content (AvgIpc) is 2.73. The van der Waals surface area contributed by atoms with Crippen LogP contribution in [-0.2, 0) is 11.4 Å². The second-order valence-electron chi connectivity index (χ2n) is 6.92. The lowest BCUT2D eigenvalue weighted by Gasteiger charge is -2.31. The Morgan fingerprint density at radius 1 is 1.00 bits per heavy atom. The van der Waals surface area contributed by atoms with Crippen LogP contribution in [0, 0.1) is 5.92 Å². The van der Waals surface area contributed by atoms with Crippen LogP contribution >= 0.6 is 0 Å².